The molecule has 1 atom stereocenters. The zero-order chi connectivity index (χ0) is 22.4. The van der Waals surface area contributed by atoms with E-state index in [-0.39, 0.29) is 18.7 Å². The number of rotatable bonds is 4. The summed E-state index contributed by atoms with van der Waals surface area (Å²) in [5.74, 6) is 0.490. The lowest BCUT2D eigenvalue weighted by atomic mass is 9.96. The van der Waals surface area contributed by atoms with E-state index in [2.05, 4.69) is 4.98 Å². The topological polar surface area (TPSA) is 72.0 Å². The summed E-state index contributed by atoms with van der Waals surface area (Å²) in [6.45, 7) is 6.29. The van der Waals surface area contributed by atoms with E-state index in [1.807, 2.05) is 63.2 Å². The van der Waals surface area contributed by atoms with Crippen molar-refractivity contribution < 1.29 is 19.1 Å². The van der Waals surface area contributed by atoms with E-state index in [1.54, 1.807) is 18.1 Å². The fraction of sp³-hybridized carbons (Fsp3) is 0.458. The van der Waals surface area contributed by atoms with Crippen molar-refractivity contribution in [3.05, 3.63) is 59.8 Å². The van der Waals surface area contributed by atoms with Crippen LogP contribution in [0.2, 0.25) is 0 Å². The maximum absolute atomic E-state index is 12.9. The predicted octanol–water partition coefficient (Wildman–Crippen LogP) is 5.32. The molecule has 2 aromatic rings. The Bertz CT molecular complexity index is 895. The van der Waals surface area contributed by atoms with Gasteiger partial charge >= 0.3 is 12.2 Å². The number of piperidine rings is 1. The molecular weight excluding hydrogens is 394 g/mol. The van der Waals surface area contributed by atoms with Crippen LogP contribution in [0.15, 0.2) is 48.7 Å². The molecule has 1 saturated heterocycles. The van der Waals surface area contributed by atoms with Crippen molar-refractivity contribution in [1.29, 1.82) is 0 Å². The second-order valence-electron chi connectivity index (χ2n) is 8.70. The SMILES string of the molecule is CN(C(=O)OC(C)(C)C)c1ncccc1C1CCCCN1C(=O)OCc1ccccc1. The number of ether oxygens (including phenoxy) is 2. The van der Waals surface area contributed by atoms with Crippen molar-refractivity contribution in [3.8, 4) is 0 Å². The smallest absolute Gasteiger partial charge is 0.415 e. The summed E-state index contributed by atoms with van der Waals surface area (Å²) in [5, 5.41) is 0. The van der Waals surface area contributed by atoms with E-state index in [1.165, 1.54) is 4.90 Å². The van der Waals surface area contributed by atoms with Crippen molar-refractivity contribution in [2.24, 2.45) is 0 Å². The number of anilines is 1. The Hall–Kier alpha value is -3.09. The normalized spacial score (nSPS) is 16.5. The van der Waals surface area contributed by atoms with Crippen LogP contribution in [0.25, 0.3) is 0 Å². The first kappa shape index (κ1) is 22.6. The predicted molar refractivity (Wildman–Crippen MR) is 119 cm³/mol. The van der Waals surface area contributed by atoms with Crippen LogP contribution in [-0.4, -0.2) is 41.3 Å². The number of carbonyl (C=O) groups excluding carboxylic acids is 2. The first-order valence-electron chi connectivity index (χ1n) is 10.7. The monoisotopic (exact) mass is 425 g/mol. The first-order valence-corrected chi connectivity index (χ1v) is 10.7. The van der Waals surface area contributed by atoms with Crippen LogP contribution in [0.5, 0.6) is 0 Å². The molecule has 0 spiro atoms. The van der Waals surface area contributed by atoms with Gasteiger partial charge in [-0.1, -0.05) is 36.4 Å². The molecule has 7 nitrogen and oxygen atoms in total. The molecule has 0 aliphatic carbocycles. The highest BCUT2D eigenvalue weighted by atomic mass is 16.6. The average Bonchev–Trinajstić information content (AvgIpc) is 2.76. The number of aromatic nitrogens is 1. The Morgan fingerprint density at radius 1 is 1.13 bits per heavy atom. The average molecular weight is 426 g/mol. The van der Waals surface area contributed by atoms with Gasteiger partial charge in [-0.25, -0.2) is 14.6 Å². The van der Waals surface area contributed by atoms with Crippen molar-refractivity contribution in [1.82, 2.24) is 9.88 Å². The van der Waals surface area contributed by atoms with Gasteiger partial charge in [0.05, 0.1) is 6.04 Å². The summed E-state index contributed by atoms with van der Waals surface area (Å²) in [7, 11) is 1.64. The molecule has 1 unspecified atom stereocenters. The second kappa shape index (κ2) is 9.81. The molecule has 0 saturated carbocycles. The molecule has 1 fully saturated rings. The van der Waals surface area contributed by atoms with Crippen LogP contribution in [0.1, 0.15) is 57.2 Å². The van der Waals surface area contributed by atoms with Crippen LogP contribution in [0, 0.1) is 0 Å². The molecule has 0 bridgehead atoms. The fourth-order valence-electron chi connectivity index (χ4n) is 3.64. The molecule has 1 aromatic carbocycles. The van der Waals surface area contributed by atoms with Crippen LogP contribution in [0.3, 0.4) is 0 Å². The Kier molecular flexibility index (Phi) is 7.15. The molecule has 1 aliphatic rings. The summed E-state index contributed by atoms with van der Waals surface area (Å²) in [4.78, 5) is 33.2. The van der Waals surface area contributed by atoms with Crippen LogP contribution in [0.4, 0.5) is 15.4 Å². The minimum absolute atomic E-state index is 0.217. The zero-order valence-corrected chi connectivity index (χ0v) is 18.7. The molecule has 7 heteroatoms. The Morgan fingerprint density at radius 3 is 2.58 bits per heavy atom. The van der Waals surface area contributed by atoms with E-state index < -0.39 is 11.7 Å². The van der Waals surface area contributed by atoms with Gasteiger partial charge in [-0.3, -0.25) is 4.90 Å². The van der Waals surface area contributed by atoms with Gasteiger partial charge in [-0.15, -0.1) is 0 Å². The van der Waals surface area contributed by atoms with E-state index in [0.717, 1.165) is 30.4 Å². The second-order valence-corrected chi connectivity index (χ2v) is 8.70. The van der Waals surface area contributed by atoms with Gasteiger partial charge < -0.3 is 14.4 Å². The summed E-state index contributed by atoms with van der Waals surface area (Å²) in [5.41, 5.74) is 1.14. The minimum atomic E-state index is -0.613. The molecule has 0 N–H and O–H groups in total. The molecule has 1 aliphatic heterocycles. The molecule has 3 rings (SSSR count). The molecule has 1 aromatic heterocycles. The summed E-state index contributed by atoms with van der Waals surface area (Å²) >= 11 is 0. The lowest BCUT2D eigenvalue weighted by molar-refractivity contribution is 0.0586. The summed E-state index contributed by atoms with van der Waals surface area (Å²) in [6, 6.07) is 13.1. The maximum Gasteiger partial charge on any atom is 0.415 e. The molecule has 2 amide bonds. The highest BCUT2D eigenvalue weighted by Crippen LogP contribution is 2.36. The van der Waals surface area contributed by atoms with Crippen molar-refractivity contribution >= 4 is 18.0 Å². The quantitative estimate of drug-likeness (QED) is 0.663. The fourth-order valence-corrected chi connectivity index (χ4v) is 3.64. The third-order valence-corrected chi connectivity index (χ3v) is 5.10. The van der Waals surface area contributed by atoms with Gasteiger partial charge in [0.1, 0.15) is 18.0 Å². The van der Waals surface area contributed by atoms with Crippen molar-refractivity contribution in [2.45, 2.75) is 58.3 Å². The van der Waals surface area contributed by atoms with E-state index in [9.17, 15) is 9.59 Å². The van der Waals surface area contributed by atoms with Crippen LogP contribution >= 0.6 is 0 Å². The van der Waals surface area contributed by atoms with Gasteiger partial charge in [-0.05, 0) is 51.7 Å². The highest BCUT2D eigenvalue weighted by Gasteiger charge is 2.33. The maximum atomic E-state index is 12.9. The Labute approximate surface area is 184 Å². The van der Waals surface area contributed by atoms with E-state index in [4.69, 9.17) is 9.47 Å². The number of amides is 2. The van der Waals surface area contributed by atoms with Gasteiger partial charge in [0, 0.05) is 25.4 Å². The van der Waals surface area contributed by atoms with Crippen molar-refractivity contribution in [2.75, 3.05) is 18.5 Å². The van der Waals surface area contributed by atoms with E-state index >= 15 is 0 Å². The lowest BCUT2D eigenvalue weighted by Gasteiger charge is -2.36. The number of hydrogen-bond acceptors (Lipinski definition) is 5. The van der Waals surface area contributed by atoms with Gasteiger partial charge in [0.25, 0.3) is 0 Å². The number of pyridine rings is 1. The number of nitrogens with zero attached hydrogens (tertiary/aromatic N) is 3. The first-order chi connectivity index (χ1) is 14.8. The van der Waals surface area contributed by atoms with Crippen LogP contribution < -0.4 is 4.90 Å². The molecule has 0 radical (unpaired) electrons. The number of benzene rings is 1. The lowest BCUT2D eigenvalue weighted by Crippen LogP contribution is -2.40. The molecule has 2 heterocycles. The Balaban J connectivity index is 1.79. The zero-order valence-electron chi connectivity index (χ0n) is 18.7. The third-order valence-electron chi connectivity index (χ3n) is 5.10. The number of likely N-dealkylation sites (tertiary alicyclic amines) is 1. The largest absolute Gasteiger partial charge is 0.445 e. The highest BCUT2D eigenvalue weighted by molar-refractivity contribution is 5.87. The van der Waals surface area contributed by atoms with Crippen LogP contribution in [-0.2, 0) is 16.1 Å². The summed E-state index contributed by atoms with van der Waals surface area (Å²) in [6.07, 6.45) is 3.47. The number of carbonyl (C=O) groups is 2. The van der Waals surface area contributed by atoms with Gasteiger partial charge in [0.2, 0.25) is 0 Å². The van der Waals surface area contributed by atoms with Gasteiger partial charge in [0.15, 0.2) is 0 Å². The third kappa shape index (κ3) is 5.96. The molecular formula is C24H31N3O4. The Morgan fingerprint density at radius 2 is 1.87 bits per heavy atom. The number of hydrogen-bond donors (Lipinski definition) is 0. The molecule has 31 heavy (non-hydrogen) atoms. The van der Waals surface area contributed by atoms with E-state index in [0.29, 0.717) is 12.4 Å². The van der Waals surface area contributed by atoms with Gasteiger partial charge in [-0.2, -0.15) is 0 Å². The summed E-state index contributed by atoms with van der Waals surface area (Å²) < 4.78 is 11.1. The molecule has 166 valence electrons. The van der Waals surface area contributed by atoms with Crippen molar-refractivity contribution in [3.63, 3.8) is 0 Å². The standard InChI is InChI=1S/C24H31N3O4/c1-24(2,3)31-22(28)26(4)21-19(13-10-15-25-21)20-14-8-9-16-27(20)23(29)30-17-18-11-6-5-7-12-18/h5-7,10-13,15,20H,8-9,14,16-17H2,1-4H3. The minimum Gasteiger partial charge on any atom is -0.445 e.